The molecule has 0 aliphatic rings. The molecule has 3 rings (SSSR count). The lowest BCUT2D eigenvalue weighted by molar-refractivity contribution is -0.119. The van der Waals surface area contributed by atoms with Gasteiger partial charge >= 0.3 is 0 Å². The molecule has 31 heavy (non-hydrogen) atoms. The van der Waals surface area contributed by atoms with E-state index in [1.54, 1.807) is 19.1 Å². The van der Waals surface area contributed by atoms with Crippen LogP contribution in [0.25, 0.3) is 11.3 Å². The number of ether oxygens (including phenoxy) is 2. The van der Waals surface area contributed by atoms with Gasteiger partial charge in [-0.2, -0.15) is 5.10 Å². The fourth-order valence-corrected chi connectivity index (χ4v) is 3.30. The maximum absolute atomic E-state index is 12.9. The largest absolute Gasteiger partial charge is 0.495 e. The van der Waals surface area contributed by atoms with Crippen LogP contribution in [-0.2, 0) is 4.79 Å². The van der Waals surface area contributed by atoms with E-state index in [0.717, 1.165) is 21.4 Å². The number of carbonyl (C=O) groups is 1. The van der Waals surface area contributed by atoms with E-state index in [-0.39, 0.29) is 5.56 Å². The number of amides is 1. The molecule has 0 spiro atoms. The first-order valence-corrected chi connectivity index (χ1v) is 10.0. The molecule has 162 valence electrons. The zero-order valence-corrected chi connectivity index (χ0v) is 18.8. The molecule has 1 amide bonds. The number of hydrogen-bond acceptors (Lipinski definition) is 5. The molecule has 2 aromatic carbocycles. The van der Waals surface area contributed by atoms with Gasteiger partial charge in [-0.3, -0.25) is 9.59 Å². The van der Waals surface area contributed by atoms with Crippen molar-refractivity contribution < 1.29 is 14.3 Å². The van der Waals surface area contributed by atoms with E-state index in [0.29, 0.717) is 27.9 Å². The normalized spacial score (nSPS) is 11.7. The lowest BCUT2D eigenvalue weighted by Gasteiger charge is -2.17. The number of aromatic nitrogens is 2. The monoisotopic (exact) mass is 441 g/mol. The lowest BCUT2D eigenvalue weighted by Crippen LogP contribution is -2.33. The first-order valence-electron chi connectivity index (χ1n) is 9.65. The molecule has 1 aromatic heterocycles. The van der Waals surface area contributed by atoms with Crippen molar-refractivity contribution in [1.82, 2.24) is 9.78 Å². The van der Waals surface area contributed by atoms with Gasteiger partial charge in [0.05, 0.1) is 30.6 Å². The Morgan fingerprint density at radius 2 is 1.74 bits per heavy atom. The summed E-state index contributed by atoms with van der Waals surface area (Å²) in [5.41, 5.74) is 3.74. The summed E-state index contributed by atoms with van der Waals surface area (Å²) in [5.74, 6) is 0.362. The Bertz CT molecular complexity index is 1190. The van der Waals surface area contributed by atoms with Gasteiger partial charge in [0.25, 0.3) is 5.56 Å². The molecule has 0 saturated carbocycles. The summed E-state index contributed by atoms with van der Waals surface area (Å²) < 4.78 is 11.6. The number of anilines is 1. The van der Waals surface area contributed by atoms with E-state index in [1.807, 2.05) is 32.0 Å². The summed E-state index contributed by atoms with van der Waals surface area (Å²) in [7, 11) is 2.96. The molecule has 0 saturated heterocycles. The van der Waals surface area contributed by atoms with Gasteiger partial charge in [-0.25, -0.2) is 4.68 Å². The molecule has 1 N–H and O–H groups in total. The maximum atomic E-state index is 12.9. The van der Waals surface area contributed by atoms with Crippen LogP contribution in [0.15, 0.2) is 47.3 Å². The number of hydrogen-bond donors (Lipinski definition) is 1. The standard InChI is InChI=1S/C23H24ClN3O4/c1-13-6-7-16(10-14(13)2)18-8-9-22(28)27(26-18)15(3)23(29)25-19-11-17(24)20(30-4)12-21(19)31-5/h6-12,15H,1-5H3,(H,25,29). The van der Waals surface area contributed by atoms with Crippen LogP contribution in [-0.4, -0.2) is 29.9 Å². The van der Waals surface area contributed by atoms with Crippen molar-refractivity contribution in [1.29, 1.82) is 0 Å². The smallest absolute Gasteiger partial charge is 0.267 e. The van der Waals surface area contributed by atoms with Gasteiger partial charge in [-0.15, -0.1) is 0 Å². The number of methoxy groups -OCH3 is 2. The molecule has 0 aliphatic heterocycles. The van der Waals surface area contributed by atoms with Gasteiger partial charge in [-0.1, -0.05) is 23.7 Å². The van der Waals surface area contributed by atoms with E-state index in [2.05, 4.69) is 10.4 Å². The van der Waals surface area contributed by atoms with Gasteiger partial charge in [0, 0.05) is 17.7 Å². The second-order valence-corrected chi connectivity index (χ2v) is 7.56. The van der Waals surface area contributed by atoms with Crippen molar-refractivity contribution >= 4 is 23.2 Å². The third-order valence-electron chi connectivity index (χ3n) is 5.11. The van der Waals surface area contributed by atoms with E-state index in [4.69, 9.17) is 21.1 Å². The van der Waals surface area contributed by atoms with Crippen molar-refractivity contribution in [2.45, 2.75) is 26.8 Å². The highest BCUT2D eigenvalue weighted by Crippen LogP contribution is 2.36. The molecular weight excluding hydrogens is 418 g/mol. The first kappa shape index (κ1) is 22.4. The number of benzene rings is 2. The average molecular weight is 442 g/mol. The van der Waals surface area contributed by atoms with Crippen molar-refractivity contribution in [2.75, 3.05) is 19.5 Å². The molecule has 0 bridgehead atoms. The number of rotatable bonds is 6. The van der Waals surface area contributed by atoms with E-state index < -0.39 is 11.9 Å². The highest BCUT2D eigenvalue weighted by atomic mass is 35.5. The van der Waals surface area contributed by atoms with Crippen LogP contribution in [0, 0.1) is 13.8 Å². The molecule has 1 unspecified atom stereocenters. The number of nitrogens with one attached hydrogen (secondary N) is 1. The second-order valence-electron chi connectivity index (χ2n) is 7.15. The highest BCUT2D eigenvalue weighted by molar-refractivity contribution is 6.32. The molecule has 8 heteroatoms. The zero-order valence-electron chi connectivity index (χ0n) is 18.0. The van der Waals surface area contributed by atoms with Crippen molar-refractivity contribution in [3.63, 3.8) is 0 Å². The Morgan fingerprint density at radius 1 is 1.03 bits per heavy atom. The average Bonchev–Trinajstić information content (AvgIpc) is 2.75. The minimum Gasteiger partial charge on any atom is -0.495 e. The molecule has 0 fully saturated rings. The zero-order chi connectivity index (χ0) is 22.7. The van der Waals surface area contributed by atoms with Crippen LogP contribution in [0.5, 0.6) is 11.5 Å². The van der Waals surface area contributed by atoms with Crippen molar-refractivity contribution in [3.05, 3.63) is 69.0 Å². The maximum Gasteiger partial charge on any atom is 0.267 e. The number of nitrogens with zero attached hydrogens (tertiary/aromatic N) is 2. The molecule has 7 nitrogen and oxygen atoms in total. The summed E-state index contributed by atoms with van der Waals surface area (Å²) >= 11 is 6.18. The Balaban J connectivity index is 1.91. The highest BCUT2D eigenvalue weighted by Gasteiger charge is 2.21. The minimum atomic E-state index is -0.871. The summed E-state index contributed by atoms with van der Waals surface area (Å²) in [6.07, 6.45) is 0. The molecule has 0 aliphatic carbocycles. The van der Waals surface area contributed by atoms with E-state index in [1.165, 1.54) is 26.4 Å². The molecule has 1 atom stereocenters. The Labute approximate surface area is 185 Å². The molecular formula is C23H24ClN3O4. The molecule has 3 aromatic rings. The van der Waals surface area contributed by atoms with Crippen molar-refractivity contribution in [2.24, 2.45) is 0 Å². The number of aryl methyl sites for hydroxylation is 2. The van der Waals surface area contributed by atoms with Crippen LogP contribution < -0.4 is 20.3 Å². The van der Waals surface area contributed by atoms with Gasteiger partial charge < -0.3 is 14.8 Å². The summed E-state index contributed by atoms with van der Waals surface area (Å²) in [5, 5.41) is 7.50. The quantitative estimate of drug-likeness (QED) is 0.613. The Kier molecular flexibility index (Phi) is 6.65. The second kappa shape index (κ2) is 9.22. The summed E-state index contributed by atoms with van der Waals surface area (Å²) in [4.78, 5) is 25.3. The molecule has 0 radical (unpaired) electrons. The predicted molar refractivity (Wildman–Crippen MR) is 121 cm³/mol. The van der Waals surface area contributed by atoms with Gasteiger partial charge in [0.1, 0.15) is 17.5 Å². The fourth-order valence-electron chi connectivity index (χ4n) is 3.06. The SMILES string of the molecule is COc1cc(OC)c(NC(=O)C(C)n2nc(-c3ccc(C)c(C)c3)ccc2=O)cc1Cl. The van der Waals surface area contributed by atoms with Crippen LogP contribution in [0.1, 0.15) is 24.1 Å². The predicted octanol–water partition coefficient (Wildman–Crippen LogP) is 4.40. The summed E-state index contributed by atoms with van der Waals surface area (Å²) in [6, 6.07) is 11.2. The third kappa shape index (κ3) is 4.72. The minimum absolute atomic E-state index is 0.318. The molecule has 1 heterocycles. The Hall–Kier alpha value is -3.32. The van der Waals surface area contributed by atoms with E-state index >= 15 is 0 Å². The van der Waals surface area contributed by atoms with Crippen LogP contribution in [0.3, 0.4) is 0 Å². The number of halogens is 1. The summed E-state index contributed by atoms with van der Waals surface area (Å²) in [6.45, 7) is 5.64. The fraction of sp³-hybridized carbons (Fsp3) is 0.261. The van der Waals surface area contributed by atoms with Gasteiger partial charge in [-0.05, 0) is 50.1 Å². The number of carbonyl (C=O) groups excluding carboxylic acids is 1. The Morgan fingerprint density at radius 3 is 2.39 bits per heavy atom. The first-order chi connectivity index (χ1) is 14.7. The topological polar surface area (TPSA) is 82.4 Å². The van der Waals surface area contributed by atoms with Gasteiger partial charge in [0.2, 0.25) is 5.91 Å². The van der Waals surface area contributed by atoms with Crippen LogP contribution >= 0.6 is 11.6 Å². The lowest BCUT2D eigenvalue weighted by atomic mass is 10.0. The van der Waals surface area contributed by atoms with Crippen molar-refractivity contribution in [3.8, 4) is 22.8 Å². The van der Waals surface area contributed by atoms with E-state index in [9.17, 15) is 9.59 Å². The van der Waals surface area contributed by atoms with Gasteiger partial charge in [0.15, 0.2) is 0 Å². The third-order valence-corrected chi connectivity index (χ3v) is 5.40. The van der Waals surface area contributed by atoms with Crippen LogP contribution in [0.2, 0.25) is 5.02 Å². The van der Waals surface area contributed by atoms with Crippen LogP contribution in [0.4, 0.5) is 5.69 Å².